The minimum atomic E-state index is 0.502. The number of ether oxygens (including phenoxy) is 1. The van der Waals surface area contributed by atoms with Gasteiger partial charge in [-0.25, -0.2) is 0 Å². The zero-order chi connectivity index (χ0) is 10.5. The van der Waals surface area contributed by atoms with Crippen LogP contribution < -0.4 is 4.74 Å². The minimum absolute atomic E-state index is 0.502. The highest BCUT2D eigenvalue weighted by molar-refractivity contribution is 5.54. The summed E-state index contributed by atoms with van der Waals surface area (Å²) < 4.78 is 5.35. The zero-order valence-corrected chi connectivity index (χ0v) is 8.05. The first-order chi connectivity index (χ1) is 7.40. The molecule has 2 rings (SSSR count). The van der Waals surface area contributed by atoms with Gasteiger partial charge in [0.1, 0.15) is 12.4 Å². The number of H-pyrrole nitrogens is 1. The quantitative estimate of drug-likeness (QED) is 0.762. The van der Waals surface area contributed by atoms with Crippen molar-refractivity contribution in [3.05, 3.63) is 36.9 Å². The van der Waals surface area contributed by atoms with E-state index >= 15 is 0 Å². The van der Waals surface area contributed by atoms with Gasteiger partial charge in [-0.05, 0) is 29.5 Å². The summed E-state index contributed by atoms with van der Waals surface area (Å²) >= 11 is 0. The van der Waals surface area contributed by atoms with Gasteiger partial charge in [0, 0.05) is 5.56 Å². The highest BCUT2D eigenvalue weighted by Gasteiger charge is 2.01. The van der Waals surface area contributed by atoms with E-state index in [0.29, 0.717) is 12.4 Å². The second-order valence-electron chi connectivity index (χ2n) is 2.86. The molecule has 5 nitrogen and oxygen atoms in total. The Morgan fingerprint density at radius 1 is 1.33 bits per heavy atom. The van der Waals surface area contributed by atoms with Crippen molar-refractivity contribution < 1.29 is 4.74 Å². The number of nitrogens with zero attached hydrogens (tertiary/aromatic N) is 3. The molecule has 2 aromatic rings. The van der Waals surface area contributed by atoms with Gasteiger partial charge in [-0.2, -0.15) is 5.21 Å². The van der Waals surface area contributed by atoms with Gasteiger partial charge in [-0.3, -0.25) is 0 Å². The van der Waals surface area contributed by atoms with Crippen LogP contribution in [0.4, 0.5) is 0 Å². The molecule has 0 aliphatic carbocycles. The molecule has 0 saturated heterocycles. The van der Waals surface area contributed by atoms with Crippen LogP contribution in [0.25, 0.3) is 11.4 Å². The third kappa shape index (κ3) is 2.19. The maximum atomic E-state index is 5.35. The molecule has 0 saturated carbocycles. The van der Waals surface area contributed by atoms with Crippen molar-refractivity contribution in [1.29, 1.82) is 0 Å². The van der Waals surface area contributed by atoms with E-state index in [1.54, 1.807) is 6.08 Å². The molecule has 0 fully saturated rings. The second-order valence-corrected chi connectivity index (χ2v) is 2.86. The van der Waals surface area contributed by atoms with Crippen molar-refractivity contribution in [2.45, 2.75) is 0 Å². The molecule has 76 valence electrons. The van der Waals surface area contributed by atoms with Crippen molar-refractivity contribution >= 4 is 0 Å². The van der Waals surface area contributed by atoms with Crippen LogP contribution in [-0.4, -0.2) is 27.2 Å². The molecule has 5 heteroatoms. The molecule has 1 aromatic carbocycles. The van der Waals surface area contributed by atoms with Gasteiger partial charge in [0.15, 0.2) is 0 Å². The molecule has 0 spiro atoms. The van der Waals surface area contributed by atoms with Gasteiger partial charge in [-0.1, -0.05) is 12.7 Å². The molecule has 0 atom stereocenters. The highest BCUT2D eigenvalue weighted by Crippen LogP contribution is 2.18. The number of aromatic amines is 1. The lowest BCUT2D eigenvalue weighted by molar-refractivity contribution is 0.363. The van der Waals surface area contributed by atoms with Gasteiger partial charge in [0.25, 0.3) is 0 Å². The van der Waals surface area contributed by atoms with Crippen LogP contribution in [0.1, 0.15) is 0 Å². The lowest BCUT2D eigenvalue weighted by atomic mass is 10.2. The maximum absolute atomic E-state index is 5.35. The summed E-state index contributed by atoms with van der Waals surface area (Å²) in [6.45, 7) is 4.08. The molecule has 0 amide bonds. The van der Waals surface area contributed by atoms with E-state index in [0.717, 1.165) is 11.3 Å². The Balaban J connectivity index is 2.14. The molecule has 0 unspecified atom stereocenters. The Kier molecular flexibility index (Phi) is 2.73. The van der Waals surface area contributed by atoms with E-state index in [-0.39, 0.29) is 0 Å². The molecule has 0 radical (unpaired) electrons. The normalized spacial score (nSPS) is 9.87. The van der Waals surface area contributed by atoms with Crippen LogP contribution in [0.2, 0.25) is 0 Å². The minimum Gasteiger partial charge on any atom is -0.490 e. The third-order valence-electron chi connectivity index (χ3n) is 1.83. The monoisotopic (exact) mass is 202 g/mol. The van der Waals surface area contributed by atoms with Crippen LogP contribution in [0, 0.1) is 0 Å². The zero-order valence-electron chi connectivity index (χ0n) is 8.05. The number of benzene rings is 1. The topological polar surface area (TPSA) is 63.7 Å². The number of aromatic nitrogens is 4. The Labute approximate surface area is 86.8 Å². The van der Waals surface area contributed by atoms with Crippen LogP contribution in [-0.2, 0) is 0 Å². The van der Waals surface area contributed by atoms with Gasteiger partial charge in [0.2, 0.25) is 5.82 Å². The Morgan fingerprint density at radius 3 is 2.73 bits per heavy atom. The maximum Gasteiger partial charge on any atom is 0.204 e. The predicted octanol–water partition coefficient (Wildman–Crippen LogP) is 1.43. The summed E-state index contributed by atoms with van der Waals surface area (Å²) in [5.74, 6) is 1.37. The average Bonchev–Trinajstić information content (AvgIpc) is 2.80. The van der Waals surface area contributed by atoms with Crippen molar-refractivity contribution in [2.75, 3.05) is 6.61 Å². The van der Waals surface area contributed by atoms with Crippen molar-refractivity contribution in [2.24, 2.45) is 0 Å². The first-order valence-corrected chi connectivity index (χ1v) is 4.48. The standard InChI is InChI=1S/C10H10N4O/c1-2-7-15-9-5-3-8(4-6-9)10-11-13-14-12-10/h2-6H,1,7H2,(H,11,12,13,14). The fraction of sp³-hybridized carbons (Fsp3) is 0.100. The fourth-order valence-electron chi connectivity index (χ4n) is 1.14. The van der Waals surface area contributed by atoms with E-state index in [2.05, 4.69) is 27.2 Å². The van der Waals surface area contributed by atoms with Gasteiger partial charge >= 0.3 is 0 Å². The van der Waals surface area contributed by atoms with Crippen LogP contribution in [0.15, 0.2) is 36.9 Å². The smallest absolute Gasteiger partial charge is 0.204 e. The van der Waals surface area contributed by atoms with Gasteiger partial charge < -0.3 is 4.74 Å². The van der Waals surface area contributed by atoms with Crippen molar-refractivity contribution in [3.63, 3.8) is 0 Å². The Morgan fingerprint density at radius 2 is 2.13 bits per heavy atom. The molecular formula is C10H10N4O. The molecule has 1 N–H and O–H groups in total. The predicted molar refractivity (Wildman–Crippen MR) is 55.3 cm³/mol. The van der Waals surface area contributed by atoms with Gasteiger partial charge in [-0.15, -0.1) is 10.2 Å². The summed E-state index contributed by atoms with van der Waals surface area (Å²) in [6.07, 6.45) is 1.70. The first kappa shape index (κ1) is 9.39. The number of rotatable bonds is 4. The van der Waals surface area contributed by atoms with Crippen molar-refractivity contribution in [3.8, 4) is 17.1 Å². The van der Waals surface area contributed by atoms with E-state index in [4.69, 9.17) is 4.74 Å². The molecule has 1 aromatic heterocycles. The third-order valence-corrected chi connectivity index (χ3v) is 1.83. The SMILES string of the molecule is C=CCOc1ccc(-c2nn[nH]n2)cc1. The largest absolute Gasteiger partial charge is 0.490 e. The number of hydrogen-bond donors (Lipinski definition) is 1. The van der Waals surface area contributed by atoms with Crippen molar-refractivity contribution in [1.82, 2.24) is 20.6 Å². The van der Waals surface area contributed by atoms with E-state index < -0.39 is 0 Å². The lowest BCUT2D eigenvalue weighted by Crippen LogP contribution is -1.92. The number of hydrogen-bond acceptors (Lipinski definition) is 4. The van der Waals surface area contributed by atoms with Crippen LogP contribution in [0.3, 0.4) is 0 Å². The average molecular weight is 202 g/mol. The second kappa shape index (κ2) is 4.36. The summed E-state index contributed by atoms with van der Waals surface area (Å²) in [5.41, 5.74) is 0.898. The molecule has 15 heavy (non-hydrogen) atoms. The van der Waals surface area contributed by atoms with Crippen LogP contribution in [0.5, 0.6) is 5.75 Å². The fourth-order valence-corrected chi connectivity index (χ4v) is 1.14. The summed E-state index contributed by atoms with van der Waals surface area (Å²) in [7, 11) is 0. The lowest BCUT2D eigenvalue weighted by Gasteiger charge is -2.02. The number of nitrogens with one attached hydrogen (secondary N) is 1. The summed E-state index contributed by atoms with van der Waals surface area (Å²) in [4.78, 5) is 0. The molecule has 1 heterocycles. The summed E-state index contributed by atoms with van der Waals surface area (Å²) in [5, 5.41) is 13.6. The molecule has 0 aliphatic heterocycles. The Hall–Kier alpha value is -2.17. The molecular weight excluding hydrogens is 192 g/mol. The summed E-state index contributed by atoms with van der Waals surface area (Å²) in [6, 6.07) is 7.47. The first-order valence-electron chi connectivity index (χ1n) is 4.48. The number of tetrazole rings is 1. The van der Waals surface area contributed by atoms with E-state index in [1.165, 1.54) is 0 Å². The molecule has 0 aliphatic rings. The Bertz CT molecular complexity index is 421. The van der Waals surface area contributed by atoms with E-state index in [9.17, 15) is 0 Å². The van der Waals surface area contributed by atoms with Crippen LogP contribution >= 0.6 is 0 Å². The highest BCUT2D eigenvalue weighted by atomic mass is 16.5. The van der Waals surface area contributed by atoms with E-state index in [1.807, 2.05) is 24.3 Å². The molecule has 0 bridgehead atoms. The van der Waals surface area contributed by atoms with Gasteiger partial charge in [0.05, 0.1) is 0 Å².